The lowest BCUT2D eigenvalue weighted by atomic mass is 10.1. The minimum absolute atomic E-state index is 0. The molecule has 1 unspecified atom stereocenters. The van der Waals surface area contributed by atoms with E-state index in [0.29, 0.717) is 0 Å². The van der Waals surface area contributed by atoms with E-state index in [-0.39, 0.29) is 17.9 Å². The highest BCUT2D eigenvalue weighted by atomic mass is 35.5. The maximum Gasteiger partial charge on any atom is 0.370 e. The number of benzene rings is 2. The molecule has 0 fully saturated rings. The third kappa shape index (κ3) is 2.59. The van der Waals surface area contributed by atoms with Crippen LogP contribution in [0.15, 0.2) is 48.5 Å². The first-order chi connectivity index (χ1) is 11.5. The maximum absolute atomic E-state index is 6.12. The predicted octanol–water partition coefficient (Wildman–Crippen LogP) is -0.987. The molecule has 1 atom stereocenters. The summed E-state index contributed by atoms with van der Waals surface area (Å²) in [5.74, 6) is 2.05. The summed E-state index contributed by atoms with van der Waals surface area (Å²) in [4.78, 5) is 0. The van der Waals surface area contributed by atoms with Gasteiger partial charge in [0.25, 0.3) is 0 Å². The Morgan fingerprint density at radius 2 is 1.68 bits per heavy atom. The molecule has 5 heteroatoms. The first-order valence-electron chi connectivity index (χ1n) is 8.48. The zero-order valence-corrected chi connectivity index (χ0v) is 16.9. The van der Waals surface area contributed by atoms with Crippen LogP contribution in [0.1, 0.15) is 19.4 Å². The van der Waals surface area contributed by atoms with Gasteiger partial charge in [0.1, 0.15) is 11.9 Å². The van der Waals surface area contributed by atoms with Gasteiger partial charge < -0.3 is 21.9 Å². The quantitative estimate of drug-likeness (QED) is 0.498. The summed E-state index contributed by atoms with van der Waals surface area (Å²) in [7, 11) is -0.204. The zero-order valence-electron chi connectivity index (χ0n) is 15.2. The van der Waals surface area contributed by atoms with Crippen molar-refractivity contribution in [1.29, 1.82) is 0 Å². The minimum Gasteiger partial charge on any atom is -1.00 e. The lowest BCUT2D eigenvalue weighted by molar-refractivity contribution is -0.575. The second-order valence-electron chi connectivity index (χ2n) is 7.57. The molecule has 2 aliphatic rings. The number of nitrogens with zero attached hydrogens (tertiary/aromatic N) is 1. The van der Waals surface area contributed by atoms with Crippen LogP contribution >= 0.6 is 0 Å². The summed E-state index contributed by atoms with van der Waals surface area (Å²) in [6, 6.07) is 17.3. The number of rotatable bonds is 2. The van der Waals surface area contributed by atoms with E-state index < -0.39 is 8.07 Å². The van der Waals surface area contributed by atoms with Gasteiger partial charge in [-0.2, -0.15) is 4.58 Å². The van der Waals surface area contributed by atoms with Gasteiger partial charge >= 0.3 is 5.90 Å². The highest BCUT2D eigenvalue weighted by molar-refractivity contribution is 7.02. The van der Waals surface area contributed by atoms with E-state index in [1.54, 1.807) is 7.11 Å². The summed E-state index contributed by atoms with van der Waals surface area (Å²) in [5.41, 5.74) is 1.29. The molecule has 0 radical (unpaired) electrons. The number of fused-ring (bicyclic) bond motifs is 2. The second kappa shape index (κ2) is 6.18. The van der Waals surface area contributed by atoms with Crippen LogP contribution in [-0.4, -0.2) is 44.0 Å². The van der Waals surface area contributed by atoms with Crippen molar-refractivity contribution in [3.63, 3.8) is 0 Å². The van der Waals surface area contributed by atoms with Gasteiger partial charge in [0.15, 0.2) is 20.2 Å². The molecule has 4 rings (SSSR count). The van der Waals surface area contributed by atoms with Gasteiger partial charge in [-0.05, 0) is 22.5 Å². The summed E-state index contributed by atoms with van der Waals surface area (Å²) in [6.07, 6.45) is 1.02. The minimum atomic E-state index is -1.97. The smallest absolute Gasteiger partial charge is 0.370 e. The third-order valence-electron chi connectivity index (χ3n) is 5.47. The molecule has 2 aromatic carbocycles. The van der Waals surface area contributed by atoms with Crippen LogP contribution in [0.2, 0.25) is 6.55 Å². The Morgan fingerprint density at radius 1 is 1.04 bits per heavy atom. The summed E-state index contributed by atoms with van der Waals surface area (Å²) in [5, 5.41) is 2.81. The van der Waals surface area contributed by atoms with Crippen LogP contribution in [0.5, 0.6) is 5.75 Å². The van der Waals surface area contributed by atoms with Crippen LogP contribution in [0.25, 0.3) is 0 Å². The van der Waals surface area contributed by atoms with Gasteiger partial charge in [-0.15, -0.1) is 0 Å². The van der Waals surface area contributed by atoms with E-state index in [1.807, 2.05) is 0 Å². The molecule has 25 heavy (non-hydrogen) atoms. The third-order valence-corrected chi connectivity index (χ3v) is 9.64. The molecule has 0 aromatic heterocycles. The van der Waals surface area contributed by atoms with Crippen molar-refractivity contribution >= 4 is 24.3 Å². The van der Waals surface area contributed by atoms with Gasteiger partial charge in [-0.1, -0.05) is 42.9 Å². The molecule has 0 amide bonds. The van der Waals surface area contributed by atoms with Crippen molar-refractivity contribution in [2.24, 2.45) is 0 Å². The van der Waals surface area contributed by atoms with Crippen molar-refractivity contribution in [2.75, 3.05) is 19.9 Å². The van der Waals surface area contributed by atoms with Crippen molar-refractivity contribution in [3.8, 4) is 5.75 Å². The molecule has 0 saturated carbocycles. The molecule has 2 aliphatic heterocycles. The molecule has 132 valence electrons. The highest BCUT2D eigenvalue weighted by Gasteiger charge is 2.54. The molecule has 2 aromatic rings. The number of halogens is 1. The Kier molecular flexibility index (Phi) is 4.46. The number of methoxy groups -OCH3 is 1. The number of hydrogen-bond donors (Lipinski definition) is 0. The first-order valence-corrected chi connectivity index (χ1v) is 11.2. The van der Waals surface area contributed by atoms with Gasteiger partial charge in [0.05, 0.1) is 12.7 Å². The molecular formula is C20H24ClNO2Si. The Balaban J connectivity index is 0.00000182. The average molecular weight is 374 g/mol. The lowest BCUT2D eigenvalue weighted by Gasteiger charge is -2.33. The molecule has 3 nitrogen and oxygen atoms in total. The van der Waals surface area contributed by atoms with E-state index in [9.17, 15) is 0 Å². The van der Waals surface area contributed by atoms with E-state index in [4.69, 9.17) is 9.47 Å². The highest BCUT2D eigenvalue weighted by Crippen LogP contribution is 2.28. The fraction of sp³-hybridized carbons (Fsp3) is 0.350. The fourth-order valence-electron chi connectivity index (χ4n) is 4.07. The van der Waals surface area contributed by atoms with Crippen molar-refractivity contribution in [3.05, 3.63) is 54.1 Å². The predicted molar refractivity (Wildman–Crippen MR) is 99.6 cm³/mol. The van der Waals surface area contributed by atoms with Crippen LogP contribution in [-0.2, 0) is 4.74 Å². The Bertz CT molecular complexity index is 849. The largest absolute Gasteiger partial charge is 1.00 e. The summed E-state index contributed by atoms with van der Waals surface area (Å²) < 4.78 is 14.3. The molecular weight excluding hydrogens is 350 g/mol. The molecule has 0 N–H and O–H groups in total. The molecule has 0 spiro atoms. The average Bonchev–Trinajstić information content (AvgIpc) is 2.90. The standard InChI is InChI=1S/C20H24NO2Si.ClH/c1-20(2)13-23-19-15-9-5-7-11-17(15)24(4,14-21(19)20)18-12-8-6-10-16(18)22-3;/h5-12H,13-14H2,1-4H3;1H/q+1;/p-1. The number of hydrogen-bond acceptors (Lipinski definition) is 2. The normalized spacial score (nSPS) is 23.2. The molecule has 0 saturated heterocycles. The summed E-state index contributed by atoms with van der Waals surface area (Å²) >= 11 is 0. The Labute approximate surface area is 156 Å². The fourth-order valence-corrected chi connectivity index (χ4v) is 8.34. The first kappa shape index (κ1) is 18.0. The van der Waals surface area contributed by atoms with Gasteiger partial charge in [0, 0.05) is 13.8 Å². The topological polar surface area (TPSA) is 21.5 Å². The Morgan fingerprint density at radius 3 is 2.40 bits per heavy atom. The van der Waals surface area contributed by atoms with Gasteiger partial charge in [-0.25, -0.2) is 0 Å². The molecule has 0 bridgehead atoms. The van der Waals surface area contributed by atoms with Crippen molar-refractivity contribution < 1.29 is 26.5 Å². The van der Waals surface area contributed by atoms with E-state index in [2.05, 4.69) is 73.5 Å². The maximum atomic E-state index is 6.12. The van der Waals surface area contributed by atoms with Crippen molar-refractivity contribution in [2.45, 2.75) is 25.9 Å². The van der Waals surface area contributed by atoms with E-state index >= 15 is 0 Å². The molecule has 2 heterocycles. The number of para-hydroxylation sites is 1. The van der Waals surface area contributed by atoms with Gasteiger partial charge in [0.2, 0.25) is 0 Å². The second-order valence-corrected chi connectivity index (χ2v) is 11.6. The van der Waals surface area contributed by atoms with Crippen LogP contribution in [0, 0.1) is 0 Å². The monoisotopic (exact) mass is 373 g/mol. The van der Waals surface area contributed by atoms with Crippen LogP contribution in [0.4, 0.5) is 0 Å². The Hall–Kier alpha value is -1.78. The number of ether oxygens (including phenoxy) is 2. The lowest BCUT2D eigenvalue weighted by Crippen LogP contribution is -3.00. The van der Waals surface area contributed by atoms with Crippen molar-refractivity contribution in [1.82, 2.24) is 0 Å². The SMILES string of the molecule is COc1ccccc1[Si]1(C)C[N+]2=C(OCC2(C)C)c2ccccc21.[Cl-]. The van der Waals surface area contributed by atoms with E-state index in [1.165, 1.54) is 15.9 Å². The van der Waals surface area contributed by atoms with Crippen LogP contribution < -0.4 is 27.5 Å². The van der Waals surface area contributed by atoms with Crippen LogP contribution in [0.3, 0.4) is 0 Å². The summed E-state index contributed by atoms with van der Waals surface area (Å²) in [6.45, 7) is 7.73. The van der Waals surface area contributed by atoms with E-state index in [0.717, 1.165) is 24.4 Å². The van der Waals surface area contributed by atoms with Gasteiger partial charge in [-0.3, -0.25) is 0 Å². The zero-order chi connectivity index (χ0) is 16.9. The molecule has 0 aliphatic carbocycles.